The maximum absolute atomic E-state index is 11.9. The highest BCUT2D eigenvalue weighted by Crippen LogP contribution is 2.38. The second-order valence-electron chi connectivity index (χ2n) is 5.68. The molecule has 0 atom stereocenters. The van der Waals surface area contributed by atoms with Crippen LogP contribution in [-0.4, -0.2) is 23.7 Å². The van der Waals surface area contributed by atoms with Crippen molar-refractivity contribution in [3.63, 3.8) is 0 Å². The Labute approximate surface area is 120 Å². The largest absolute Gasteiger partial charge is 0.461 e. The third-order valence-electron chi connectivity index (χ3n) is 3.45. The van der Waals surface area contributed by atoms with Crippen LogP contribution in [0.3, 0.4) is 0 Å². The summed E-state index contributed by atoms with van der Waals surface area (Å²) in [5, 5.41) is 0. The molecule has 1 aromatic rings. The van der Waals surface area contributed by atoms with Crippen LogP contribution in [0.5, 0.6) is 0 Å². The standard InChI is InChI=1S/C14H22N2O2.ClH/c1-4-18-13(17)11-7-10-8-14(2,3)9-12(10)16(11)6-5-15;/h7H,4-6,8-9,15H2,1-3H3;1H. The number of halogens is 1. The lowest BCUT2D eigenvalue weighted by atomic mass is 9.90. The highest BCUT2D eigenvalue weighted by molar-refractivity contribution is 5.88. The number of rotatable bonds is 4. The van der Waals surface area contributed by atoms with Gasteiger partial charge in [0.2, 0.25) is 0 Å². The lowest BCUT2D eigenvalue weighted by Crippen LogP contribution is -2.20. The van der Waals surface area contributed by atoms with Crippen molar-refractivity contribution >= 4 is 18.4 Å². The number of carbonyl (C=O) groups excluding carboxylic acids is 1. The van der Waals surface area contributed by atoms with Crippen LogP contribution in [-0.2, 0) is 24.1 Å². The molecule has 0 aliphatic heterocycles. The van der Waals surface area contributed by atoms with E-state index in [2.05, 4.69) is 13.8 Å². The lowest BCUT2D eigenvalue weighted by molar-refractivity contribution is 0.0513. The molecular weight excluding hydrogens is 264 g/mol. The number of hydrogen-bond donors (Lipinski definition) is 1. The first-order chi connectivity index (χ1) is 8.48. The van der Waals surface area contributed by atoms with Gasteiger partial charge in [0.15, 0.2) is 0 Å². The fourth-order valence-electron chi connectivity index (χ4n) is 2.80. The second-order valence-corrected chi connectivity index (χ2v) is 5.68. The van der Waals surface area contributed by atoms with Gasteiger partial charge < -0.3 is 15.0 Å². The molecule has 2 rings (SSSR count). The molecule has 0 bridgehead atoms. The lowest BCUT2D eigenvalue weighted by Gasteiger charge is -2.18. The molecule has 19 heavy (non-hydrogen) atoms. The molecule has 0 spiro atoms. The van der Waals surface area contributed by atoms with E-state index in [9.17, 15) is 4.79 Å². The molecule has 0 amide bonds. The van der Waals surface area contributed by atoms with Crippen LogP contribution in [0.2, 0.25) is 0 Å². The summed E-state index contributed by atoms with van der Waals surface area (Å²) in [5.74, 6) is -0.238. The first-order valence-electron chi connectivity index (χ1n) is 6.57. The number of aromatic nitrogens is 1. The van der Waals surface area contributed by atoms with E-state index < -0.39 is 0 Å². The number of hydrogen-bond acceptors (Lipinski definition) is 3. The normalized spacial score (nSPS) is 15.8. The van der Waals surface area contributed by atoms with Gasteiger partial charge >= 0.3 is 5.97 Å². The van der Waals surface area contributed by atoms with Crippen molar-refractivity contribution in [3.05, 3.63) is 23.0 Å². The maximum atomic E-state index is 11.9. The van der Waals surface area contributed by atoms with Crippen molar-refractivity contribution in [2.75, 3.05) is 13.2 Å². The molecule has 1 heterocycles. The summed E-state index contributed by atoms with van der Waals surface area (Å²) < 4.78 is 7.15. The molecule has 0 aromatic carbocycles. The van der Waals surface area contributed by atoms with Crippen LogP contribution in [0.15, 0.2) is 6.07 Å². The molecule has 0 saturated heterocycles. The van der Waals surface area contributed by atoms with Gasteiger partial charge in [0.05, 0.1) is 6.61 Å². The van der Waals surface area contributed by atoms with Crippen molar-refractivity contribution in [2.45, 2.75) is 40.2 Å². The van der Waals surface area contributed by atoms with Crippen molar-refractivity contribution in [2.24, 2.45) is 11.1 Å². The molecule has 108 valence electrons. The number of fused-ring (bicyclic) bond motifs is 1. The van der Waals surface area contributed by atoms with Gasteiger partial charge in [-0.05, 0) is 36.8 Å². The van der Waals surface area contributed by atoms with Crippen LogP contribution < -0.4 is 5.73 Å². The Bertz CT molecular complexity index is 466. The zero-order valence-corrected chi connectivity index (χ0v) is 12.7. The minimum atomic E-state index is -0.238. The molecule has 4 nitrogen and oxygen atoms in total. The Morgan fingerprint density at radius 1 is 1.47 bits per heavy atom. The minimum absolute atomic E-state index is 0. The van der Waals surface area contributed by atoms with Crippen LogP contribution in [0.1, 0.15) is 42.5 Å². The molecule has 0 saturated carbocycles. The van der Waals surface area contributed by atoms with Gasteiger partial charge in [0, 0.05) is 18.8 Å². The molecular formula is C14H23ClN2O2. The quantitative estimate of drug-likeness (QED) is 0.863. The molecule has 0 radical (unpaired) electrons. The highest BCUT2D eigenvalue weighted by atomic mass is 35.5. The van der Waals surface area contributed by atoms with E-state index in [1.807, 2.05) is 17.6 Å². The third-order valence-corrected chi connectivity index (χ3v) is 3.45. The van der Waals surface area contributed by atoms with Crippen LogP contribution in [0, 0.1) is 5.41 Å². The van der Waals surface area contributed by atoms with Gasteiger partial charge in [-0.15, -0.1) is 12.4 Å². The molecule has 1 aromatic heterocycles. The van der Waals surface area contributed by atoms with Gasteiger partial charge in [-0.2, -0.15) is 0 Å². The Kier molecular flexibility index (Phi) is 5.04. The SMILES string of the molecule is CCOC(=O)c1cc2c(n1CCN)CC(C)(C)C2.Cl. The Balaban J connectivity index is 0.00000180. The maximum Gasteiger partial charge on any atom is 0.354 e. The zero-order chi connectivity index (χ0) is 13.3. The Morgan fingerprint density at radius 2 is 2.16 bits per heavy atom. The van der Waals surface area contributed by atoms with Crippen molar-refractivity contribution < 1.29 is 9.53 Å². The van der Waals surface area contributed by atoms with Crippen molar-refractivity contribution in [1.29, 1.82) is 0 Å². The summed E-state index contributed by atoms with van der Waals surface area (Å²) in [6.07, 6.45) is 2.02. The molecule has 2 N–H and O–H groups in total. The van der Waals surface area contributed by atoms with Crippen LogP contribution >= 0.6 is 12.4 Å². The van der Waals surface area contributed by atoms with Gasteiger partial charge in [-0.3, -0.25) is 0 Å². The van der Waals surface area contributed by atoms with E-state index in [4.69, 9.17) is 10.5 Å². The van der Waals surface area contributed by atoms with E-state index in [0.717, 1.165) is 12.8 Å². The first kappa shape index (κ1) is 16.1. The average Bonchev–Trinajstić information content (AvgIpc) is 2.73. The number of carbonyl (C=O) groups is 1. The van der Waals surface area contributed by atoms with Gasteiger partial charge in [0.1, 0.15) is 5.69 Å². The fourth-order valence-corrected chi connectivity index (χ4v) is 2.80. The minimum Gasteiger partial charge on any atom is -0.461 e. The predicted molar refractivity (Wildman–Crippen MR) is 77.9 cm³/mol. The predicted octanol–water partition coefficient (Wildman–Crippen LogP) is 2.17. The average molecular weight is 287 g/mol. The van der Waals surface area contributed by atoms with E-state index in [0.29, 0.717) is 25.4 Å². The summed E-state index contributed by atoms with van der Waals surface area (Å²) in [6.45, 7) is 7.95. The van der Waals surface area contributed by atoms with Gasteiger partial charge in [0.25, 0.3) is 0 Å². The van der Waals surface area contributed by atoms with E-state index in [-0.39, 0.29) is 23.8 Å². The summed E-state index contributed by atoms with van der Waals surface area (Å²) in [5.41, 5.74) is 9.13. The van der Waals surface area contributed by atoms with Gasteiger partial charge in [-0.1, -0.05) is 13.8 Å². The highest BCUT2D eigenvalue weighted by Gasteiger charge is 2.33. The third kappa shape index (κ3) is 3.12. The first-order valence-corrected chi connectivity index (χ1v) is 6.57. The fraction of sp³-hybridized carbons (Fsp3) is 0.643. The summed E-state index contributed by atoms with van der Waals surface area (Å²) >= 11 is 0. The summed E-state index contributed by atoms with van der Waals surface area (Å²) in [4.78, 5) is 11.9. The Morgan fingerprint density at radius 3 is 2.74 bits per heavy atom. The second kappa shape index (κ2) is 5.97. The summed E-state index contributed by atoms with van der Waals surface area (Å²) in [7, 11) is 0. The Hall–Kier alpha value is -1.00. The number of ether oxygens (including phenoxy) is 1. The molecule has 5 heteroatoms. The van der Waals surface area contributed by atoms with E-state index in [1.54, 1.807) is 0 Å². The van der Waals surface area contributed by atoms with E-state index in [1.165, 1.54) is 11.3 Å². The molecule has 0 unspecified atom stereocenters. The monoisotopic (exact) mass is 286 g/mol. The molecule has 1 aliphatic rings. The number of nitrogens with two attached hydrogens (primary N) is 1. The number of esters is 1. The van der Waals surface area contributed by atoms with Crippen molar-refractivity contribution in [3.8, 4) is 0 Å². The zero-order valence-electron chi connectivity index (χ0n) is 11.9. The van der Waals surface area contributed by atoms with Crippen LogP contribution in [0.25, 0.3) is 0 Å². The number of nitrogens with zero attached hydrogens (tertiary/aromatic N) is 1. The van der Waals surface area contributed by atoms with Gasteiger partial charge in [-0.25, -0.2) is 4.79 Å². The topological polar surface area (TPSA) is 57.2 Å². The summed E-state index contributed by atoms with van der Waals surface area (Å²) in [6, 6.07) is 1.98. The molecule has 1 aliphatic carbocycles. The van der Waals surface area contributed by atoms with Crippen molar-refractivity contribution in [1.82, 2.24) is 4.57 Å². The van der Waals surface area contributed by atoms with E-state index >= 15 is 0 Å². The molecule has 0 fully saturated rings. The smallest absolute Gasteiger partial charge is 0.354 e. The van der Waals surface area contributed by atoms with Crippen LogP contribution in [0.4, 0.5) is 0 Å².